The molecular formula is C19H29NO. The molecule has 21 heavy (non-hydrogen) atoms. The Labute approximate surface area is 129 Å². The highest BCUT2D eigenvalue weighted by atomic mass is 16.4. The van der Waals surface area contributed by atoms with Crippen LogP contribution in [0.5, 0.6) is 0 Å². The Kier molecular flexibility index (Phi) is 6.19. The van der Waals surface area contributed by atoms with Crippen LogP contribution in [0.1, 0.15) is 65.5 Å². The molecule has 0 N–H and O–H groups in total. The van der Waals surface area contributed by atoms with Crippen molar-refractivity contribution in [2.24, 2.45) is 0 Å². The average molecular weight is 287 g/mol. The Bertz CT molecular complexity index is 522. The van der Waals surface area contributed by atoms with Gasteiger partial charge in [-0.1, -0.05) is 60.6 Å². The molecule has 2 rings (SSSR count). The minimum Gasteiger partial charge on any atom is -0.441 e. The fraction of sp³-hybridized carbons (Fsp3) is 0.526. The summed E-state index contributed by atoms with van der Waals surface area (Å²) in [7, 11) is 0. The number of aromatic nitrogens is 1. The SMILES string of the molecule is CC.CCc1nc(-c2ccc(C(C)(C)C)cc2)oc1CC. The van der Waals surface area contributed by atoms with E-state index in [0.717, 1.165) is 35.7 Å². The molecule has 0 unspecified atom stereocenters. The summed E-state index contributed by atoms with van der Waals surface area (Å²) in [5.41, 5.74) is 3.65. The van der Waals surface area contributed by atoms with Crippen molar-refractivity contribution in [2.45, 2.75) is 66.7 Å². The van der Waals surface area contributed by atoms with Gasteiger partial charge in [0, 0.05) is 12.0 Å². The molecule has 116 valence electrons. The zero-order chi connectivity index (χ0) is 16.0. The maximum atomic E-state index is 5.86. The summed E-state index contributed by atoms with van der Waals surface area (Å²) in [6, 6.07) is 8.53. The Hall–Kier alpha value is -1.57. The molecule has 2 heteroatoms. The van der Waals surface area contributed by atoms with E-state index in [-0.39, 0.29) is 5.41 Å². The van der Waals surface area contributed by atoms with Crippen LogP contribution in [0.2, 0.25) is 0 Å². The third-order valence-corrected chi connectivity index (χ3v) is 3.43. The van der Waals surface area contributed by atoms with Crippen molar-refractivity contribution in [1.82, 2.24) is 4.98 Å². The summed E-state index contributed by atoms with van der Waals surface area (Å²) >= 11 is 0. The van der Waals surface area contributed by atoms with Crippen LogP contribution in [0.3, 0.4) is 0 Å². The Morgan fingerprint density at radius 3 is 1.90 bits per heavy atom. The highest BCUT2D eigenvalue weighted by molar-refractivity contribution is 5.54. The van der Waals surface area contributed by atoms with Gasteiger partial charge in [0.05, 0.1) is 5.69 Å². The van der Waals surface area contributed by atoms with Crippen LogP contribution >= 0.6 is 0 Å². The molecular weight excluding hydrogens is 258 g/mol. The number of aryl methyl sites for hydroxylation is 2. The van der Waals surface area contributed by atoms with Gasteiger partial charge >= 0.3 is 0 Å². The number of oxazole rings is 1. The first-order chi connectivity index (χ1) is 9.95. The van der Waals surface area contributed by atoms with Crippen LogP contribution in [0, 0.1) is 0 Å². The minimum absolute atomic E-state index is 0.179. The lowest BCUT2D eigenvalue weighted by atomic mass is 9.87. The van der Waals surface area contributed by atoms with Gasteiger partial charge in [-0.25, -0.2) is 4.98 Å². The molecule has 0 bridgehead atoms. The zero-order valence-electron chi connectivity index (χ0n) is 14.6. The lowest BCUT2D eigenvalue weighted by molar-refractivity contribution is 0.521. The topological polar surface area (TPSA) is 26.0 Å². The van der Waals surface area contributed by atoms with E-state index >= 15 is 0 Å². The molecule has 0 saturated heterocycles. The van der Waals surface area contributed by atoms with Crippen molar-refractivity contribution < 1.29 is 4.42 Å². The largest absolute Gasteiger partial charge is 0.441 e. The van der Waals surface area contributed by atoms with E-state index in [1.54, 1.807) is 0 Å². The van der Waals surface area contributed by atoms with Gasteiger partial charge in [-0.05, 0) is 29.5 Å². The van der Waals surface area contributed by atoms with Gasteiger partial charge in [0.15, 0.2) is 0 Å². The van der Waals surface area contributed by atoms with Crippen molar-refractivity contribution in [3.05, 3.63) is 41.3 Å². The first kappa shape index (κ1) is 17.5. The Balaban J connectivity index is 0.00000106. The van der Waals surface area contributed by atoms with Crippen LogP contribution in [-0.4, -0.2) is 4.98 Å². The van der Waals surface area contributed by atoms with Gasteiger partial charge in [-0.2, -0.15) is 0 Å². The van der Waals surface area contributed by atoms with Crippen LogP contribution in [0.4, 0.5) is 0 Å². The lowest BCUT2D eigenvalue weighted by Crippen LogP contribution is -2.10. The molecule has 0 spiro atoms. The summed E-state index contributed by atoms with van der Waals surface area (Å²) < 4.78 is 5.86. The third kappa shape index (κ3) is 4.20. The number of nitrogens with zero attached hydrogens (tertiary/aromatic N) is 1. The van der Waals surface area contributed by atoms with Gasteiger partial charge in [0.2, 0.25) is 5.89 Å². The van der Waals surface area contributed by atoms with Gasteiger partial charge in [0.25, 0.3) is 0 Å². The maximum Gasteiger partial charge on any atom is 0.226 e. The average Bonchev–Trinajstić information content (AvgIpc) is 2.92. The fourth-order valence-corrected chi connectivity index (χ4v) is 2.17. The van der Waals surface area contributed by atoms with E-state index in [9.17, 15) is 0 Å². The quantitative estimate of drug-likeness (QED) is 0.714. The molecule has 0 radical (unpaired) electrons. The first-order valence-corrected chi connectivity index (χ1v) is 8.05. The molecule has 1 aromatic carbocycles. The molecule has 0 amide bonds. The summed E-state index contributed by atoms with van der Waals surface area (Å²) in [5.74, 6) is 1.76. The number of rotatable bonds is 3. The molecule has 0 atom stereocenters. The van der Waals surface area contributed by atoms with E-state index in [4.69, 9.17) is 4.42 Å². The van der Waals surface area contributed by atoms with Crippen molar-refractivity contribution in [3.63, 3.8) is 0 Å². The number of hydrogen-bond acceptors (Lipinski definition) is 2. The smallest absolute Gasteiger partial charge is 0.226 e. The standard InChI is InChI=1S/C17H23NO.C2H6/c1-6-14-15(7-2)19-16(18-14)12-8-10-13(11-9-12)17(3,4)5;1-2/h8-11H,6-7H2,1-5H3;1-2H3. The van der Waals surface area contributed by atoms with E-state index in [2.05, 4.69) is 63.9 Å². The van der Waals surface area contributed by atoms with Crippen molar-refractivity contribution >= 4 is 0 Å². The van der Waals surface area contributed by atoms with E-state index in [1.165, 1.54) is 5.56 Å². The van der Waals surface area contributed by atoms with E-state index in [0.29, 0.717) is 0 Å². The lowest BCUT2D eigenvalue weighted by Gasteiger charge is -2.18. The van der Waals surface area contributed by atoms with Gasteiger partial charge in [-0.15, -0.1) is 0 Å². The summed E-state index contributed by atoms with van der Waals surface area (Å²) in [6.07, 6.45) is 1.82. The minimum atomic E-state index is 0.179. The first-order valence-electron chi connectivity index (χ1n) is 8.05. The number of hydrogen-bond donors (Lipinski definition) is 0. The van der Waals surface area contributed by atoms with E-state index in [1.807, 2.05) is 13.8 Å². The fourth-order valence-electron chi connectivity index (χ4n) is 2.17. The van der Waals surface area contributed by atoms with Crippen LogP contribution < -0.4 is 0 Å². The maximum absolute atomic E-state index is 5.86. The molecule has 1 heterocycles. The third-order valence-electron chi connectivity index (χ3n) is 3.43. The van der Waals surface area contributed by atoms with Gasteiger partial charge < -0.3 is 4.42 Å². The molecule has 0 saturated carbocycles. The van der Waals surface area contributed by atoms with Crippen molar-refractivity contribution in [3.8, 4) is 11.5 Å². The van der Waals surface area contributed by atoms with Crippen molar-refractivity contribution in [2.75, 3.05) is 0 Å². The Morgan fingerprint density at radius 2 is 1.52 bits per heavy atom. The summed E-state index contributed by atoms with van der Waals surface area (Å²) in [6.45, 7) is 14.9. The molecule has 2 aromatic rings. The van der Waals surface area contributed by atoms with Crippen LogP contribution in [-0.2, 0) is 18.3 Å². The molecule has 2 nitrogen and oxygen atoms in total. The Morgan fingerprint density at radius 1 is 0.952 bits per heavy atom. The monoisotopic (exact) mass is 287 g/mol. The summed E-state index contributed by atoms with van der Waals surface area (Å²) in [4.78, 5) is 4.59. The molecule has 0 fully saturated rings. The predicted molar refractivity (Wildman–Crippen MR) is 90.7 cm³/mol. The highest BCUT2D eigenvalue weighted by Gasteiger charge is 2.15. The normalized spacial score (nSPS) is 11.0. The van der Waals surface area contributed by atoms with Gasteiger partial charge in [-0.3, -0.25) is 0 Å². The second-order valence-corrected chi connectivity index (χ2v) is 5.92. The highest BCUT2D eigenvalue weighted by Crippen LogP contribution is 2.27. The van der Waals surface area contributed by atoms with Gasteiger partial charge in [0.1, 0.15) is 5.76 Å². The predicted octanol–water partition coefficient (Wildman–Crippen LogP) is 5.79. The molecule has 0 aliphatic heterocycles. The summed E-state index contributed by atoms with van der Waals surface area (Å²) in [5, 5.41) is 0. The van der Waals surface area contributed by atoms with E-state index < -0.39 is 0 Å². The second-order valence-electron chi connectivity index (χ2n) is 5.92. The molecule has 0 aliphatic rings. The van der Waals surface area contributed by atoms with Crippen molar-refractivity contribution in [1.29, 1.82) is 0 Å². The zero-order valence-corrected chi connectivity index (χ0v) is 14.6. The van der Waals surface area contributed by atoms with Crippen LogP contribution in [0.15, 0.2) is 28.7 Å². The second kappa shape index (κ2) is 7.44. The number of benzene rings is 1. The molecule has 1 aromatic heterocycles. The van der Waals surface area contributed by atoms with Crippen LogP contribution in [0.25, 0.3) is 11.5 Å². The molecule has 0 aliphatic carbocycles.